The van der Waals surface area contributed by atoms with E-state index >= 15 is 0 Å². The van der Waals surface area contributed by atoms with Gasteiger partial charge in [0.1, 0.15) is 0 Å². The zero-order valence-corrected chi connectivity index (χ0v) is 8.83. The largest absolute Gasteiger partial charge is 0.0961 e. The second-order valence-corrected chi connectivity index (χ2v) is 3.42. The molecule has 0 spiro atoms. The van der Waals surface area contributed by atoms with Crippen molar-refractivity contribution in [3.05, 3.63) is 66.3 Å². The highest BCUT2D eigenvalue weighted by Gasteiger charge is 1.90. The number of allylic oxidation sites excluding steroid dienone is 5. The van der Waals surface area contributed by atoms with Crippen LogP contribution in [0.4, 0.5) is 0 Å². The van der Waals surface area contributed by atoms with Crippen LogP contribution in [0.1, 0.15) is 19.4 Å². The Kier molecular flexibility index (Phi) is 3.93. The maximum absolute atomic E-state index is 3.81. The smallest absolute Gasteiger partial charge is 0.0227 e. The maximum Gasteiger partial charge on any atom is -0.0227 e. The minimum atomic E-state index is 1.07. The topological polar surface area (TPSA) is 0 Å². The van der Waals surface area contributed by atoms with E-state index in [-0.39, 0.29) is 0 Å². The lowest BCUT2D eigenvalue weighted by molar-refractivity contribution is 1.54. The third-order valence-electron chi connectivity index (χ3n) is 1.96. The Labute approximate surface area is 86.3 Å². The SMILES string of the molecule is C=C(C)/C=C\C=C(/C)c1ccccc1. The second-order valence-electron chi connectivity index (χ2n) is 3.42. The molecule has 0 amide bonds. The van der Waals surface area contributed by atoms with Crippen molar-refractivity contribution in [1.82, 2.24) is 0 Å². The molecule has 0 atom stereocenters. The van der Waals surface area contributed by atoms with E-state index in [1.54, 1.807) is 0 Å². The highest BCUT2D eigenvalue weighted by Crippen LogP contribution is 2.12. The molecule has 1 aromatic rings. The van der Waals surface area contributed by atoms with Crippen LogP contribution in [0.5, 0.6) is 0 Å². The van der Waals surface area contributed by atoms with Crippen LogP contribution < -0.4 is 0 Å². The Balaban J connectivity index is 2.75. The van der Waals surface area contributed by atoms with Crippen molar-refractivity contribution in [1.29, 1.82) is 0 Å². The Morgan fingerprint density at radius 1 is 1.14 bits per heavy atom. The van der Waals surface area contributed by atoms with Crippen molar-refractivity contribution in [2.75, 3.05) is 0 Å². The Hall–Kier alpha value is -1.56. The van der Waals surface area contributed by atoms with Gasteiger partial charge in [0.15, 0.2) is 0 Å². The summed E-state index contributed by atoms with van der Waals surface area (Å²) >= 11 is 0. The summed E-state index contributed by atoms with van der Waals surface area (Å²) in [6.45, 7) is 7.91. The summed E-state index contributed by atoms with van der Waals surface area (Å²) in [5.74, 6) is 0. The van der Waals surface area contributed by atoms with Crippen LogP contribution in [0.3, 0.4) is 0 Å². The quantitative estimate of drug-likeness (QED) is 0.617. The molecule has 0 unspecified atom stereocenters. The van der Waals surface area contributed by atoms with Crippen molar-refractivity contribution < 1.29 is 0 Å². The zero-order chi connectivity index (χ0) is 10.4. The van der Waals surface area contributed by atoms with Crippen LogP contribution in [-0.4, -0.2) is 0 Å². The predicted molar refractivity (Wildman–Crippen MR) is 64.0 cm³/mol. The minimum absolute atomic E-state index is 1.07. The molecule has 0 aromatic heterocycles. The standard InChI is InChI=1S/C14H16/c1-12(2)8-7-9-13(3)14-10-5-4-6-11-14/h4-11H,1H2,2-3H3/b8-7-,13-9+. The molecule has 0 bridgehead atoms. The molecule has 0 saturated heterocycles. The first kappa shape index (κ1) is 10.5. The lowest BCUT2D eigenvalue weighted by Crippen LogP contribution is -1.76. The molecule has 0 aliphatic carbocycles. The van der Waals surface area contributed by atoms with E-state index in [9.17, 15) is 0 Å². The Morgan fingerprint density at radius 2 is 1.79 bits per heavy atom. The van der Waals surface area contributed by atoms with Gasteiger partial charge >= 0.3 is 0 Å². The normalized spacial score (nSPS) is 12.0. The van der Waals surface area contributed by atoms with Crippen LogP contribution in [-0.2, 0) is 0 Å². The third-order valence-corrected chi connectivity index (χ3v) is 1.96. The van der Waals surface area contributed by atoms with Gasteiger partial charge in [-0.15, -0.1) is 0 Å². The van der Waals surface area contributed by atoms with Crippen molar-refractivity contribution >= 4 is 5.57 Å². The molecule has 1 aromatic carbocycles. The lowest BCUT2D eigenvalue weighted by Gasteiger charge is -1.98. The first-order chi connectivity index (χ1) is 6.70. The minimum Gasteiger partial charge on any atom is -0.0961 e. The highest BCUT2D eigenvalue weighted by molar-refractivity contribution is 5.65. The average molecular weight is 184 g/mol. The van der Waals surface area contributed by atoms with Crippen molar-refractivity contribution in [3.63, 3.8) is 0 Å². The number of hydrogen-bond acceptors (Lipinski definition) is 0. The predicted octanol–water partition coefficient (Wildman–Crippen LogP) is 4.22. The average Bonchev–Trinajstić information content (AvgIpc) is 2.18. The van der Waals surface area contributed by atoms with Crippen molar-refractivity contribution in [2.24, 2.45) is 0 Å². The lowest BCUT2D eigenvalue weighted by atomic mass is 10.1. The van der Waals surface area contributed by atoms with Gasteiger partial charge in [0, 0.05) is 0 Å². The van der Waals surface area contributed by atoms with Gasteiger partial charge in [-0.25, -0.2) is 0 Å². The fourth-order valence-electron chi connectivity index (χ4n) is 1.15. The third kappa shape index (κ3) is 3.44. The first-order valence-electron chi connectivity index (χ1n) is 4.76. The molecule has 0 heterocycles. The molecular weight excluding hydrogens is 168 g/mol. The van der Waals surface area contributed by atoms with Crippen LogP contribution in [0.15, 0.2) is 60.7 Å². The summed E-state index contributed by atoms with van der Waals surface area (Å²) in [5, 5.41) is 0. The van der Waals surface area contributed by atoms with Gasteiger partial charge in [0.05, 0.1) is 0 Å². The van der Waals surface area contributed by atoms with Gasteiger partial charge < -0.3 is 0 Å². The molecule has 14 heavy (non-hydrogen) atoms. The molecule has 1 rings (SSSR count). The molecule has 0 fully saturated rings. The van der Waals surface area contributed by atoms with Crippen LogP contribution >= 0.6 is 0 Å². The van der Waals surface area contributed by atoms with E-state index < -0.39 is 0 Å². The fourth-order valence-corrected chi connectivity index (χ4v) is 1.15. The highest BCUT2D eigenvalue weighted by atomic mass is 14.0. The Morgan fingerprint density at radius 3 is 2.36 bits per heavy atom. The summed E-state index contributed by atoms with van der Waals surface area (Å²) in [7, 11) is 0. The fraction of sp³-hybridized carbons (Fsp3) is 0.143. The number of benzene rings is 1. The number of hydrogen-bond donors (Lipinski definition) is 0. The molecule has 0 radical (unpaired) electrons. The van der Waals surface area contributed by atoms with Crippen LogP contribution in [0.2, 0.25) is 0 Å². The van der Waals surface area contributed by atoms with Gasteiger partial charge in [-0.05, 0) is 25.0 Å². The van der Waals surface area contributed by atoms with Gasteiger partial charge in [-0.1, -0.05) is 60.7 Å². The summed E-state index contributed by atoms with van der Waals surface area (Å²) in [6, 6.07) is 10.4. The molecule has 0 aliphatic rings. The summed E-state index contributed by atoms with van der Waals surface area (Å²) in [5.41, 5.74) is 3.60. The molecule has 0 aliphatic heterocycles. The molecule has 0 heteroatoms. The van der Waals surface area contributed by atoms with E-state index in [4.69, 9.17) is 0 Å². The van der Waals surface area contributed by atoms with E-state index in [0.29, 0.717) is 0 Å². The molecule has 0 nitrogen and oxygen atoms in total. The maximum atomic E-state index is 3.81. The zero-order valence-electron chi connectivity index (χ0n) is 8.83. The first-order valence-corrected chi connectivity index (χ1v) is 4.76. The van der Waals surface area contributed by atoms with E-state index in [1.165, 1.54) is 11.1 Å². The summed E-state index contributed by atoms with van der Waals surface area (Å²) < 4.78 is 0. The van der Waals surface area contributed by atoms with Crippen LogP contribution in [0.25, 0.3) is 5.57 Å². The second kappa shape index (κ2) is 5.23. The summed E-state index contributed by atoms with van der Waals surface area (Å²) in [4.78, 5) is 0. The van der Waals surface area contributed by atoms with E-state index in [2.05, 4.69) is 43.8 Å². The van der Waals surface area contributed by atoms with Crippen molar-refractivity contribution in [3.8, 4) is 0 Å². The monoisotopic (exact) mass is 184 g/mol. The molecular formula is C14H16. The molecule has 0 saturated carbocycles. The van der Waals surface area contributed by atoms with Gasteiger partial charge in [-0.3, -0.25) is 0 Å². The van der Waals surface area contributed by atoms with Gasteiger partial charge in [0.25, 0.3) is 0 Å². The van der Waals surface area contributed by atoms with E-state index in [0.717, 1.165) is 5.57 Å². The number of rotatable bonds is 3. The Bertz CT molecular complexity index is 353. The molecule has 72 valence electrons. The van der Waals surface area contributed by atoms with Crippen molar-refractivity contribution in [2.45, 2.75) is 13.8 Å². The summed E-state index contributed by atoms with van der Waals surface area (Å²) in [6.07, 6.45) is 6.14. The van der Waals surface area contributed by atoms with E-state index in [1.807, 2.05) is 25.1 Å². The van der Waals surface area contributed by atoms with Gasteiger partial charge in [0.2, 0.25) is 0 Å². The van der Waals surface area contributed by atoms with Gasteiger partial charge in [-0.2, -0.15) is 0 Å². The molecule has 0 N–H and O–H groups in total. The van der Waals surface area contributed by atoms with Crippen LogP contribution in [0, 0.1) is 0 Å².